The normalized spacial score (nSPS) is 15.1. The third-order valence-electron chi connectivity index (χ3n) is 7.23. The van der Waals surface area contributed by atoms with Crippen LogP contribution in [0.3, 0.4) is 0 Å². The van der Waals surface area contributed by atoms with Crippen LogP contribution < -0.4 is 5.32 Å². The van der Waals surface area contributed by atoms with Gasteiger partial charge in [-0.25, -0.2) is 8.42 Å². The standard InChI is InChI=1S/C30H37N3O3S/c1-7-27-26(16-19(3)4)28-25(21-10-9-11-23(17-21)37(35,36)8-2)18-24(20(5)29(28)32-27)30(34)31-22-12-14-33(6)15-13-22/h7,9-11,16-18,22,32H,1,8,12-15H2,2-6H3,(H,31,34). The summed E-state index contributed by atoms with van der Waals surface area (Å²) in [6.07, 6.45) is 5.72. The number of aromatic nitrogens is 1. The molecule has 0 saturated carbocycles. The fraction of sp³-hybridized carbons (Fsp3) is 0.367. The number of nitrogens with one attached hydrogen (secondary N) is 2. The number of H-pyrrole nitrogens is 1. The Balaban J connectivity index is 1.95. The maximum absolute atomic E-state index is 13.6. The minimum atomic E-state index is -3.39. The number of sulfone groups is 1. The van der Waals surface area contributed by atoms with Gasteiger partial charge in [-0.3, -0.25) is 4.79 Å². The zero-order valence-electron chi connectivity index (χ0n) is 22.4. The summed E-state index contributed by atoms with van der Waals surface area (Å²) in [4.78, 5) is 19.6. The number of allylic oxidation sites excluding steroid dienone is 1. The molecule has 6 nitrogen and oxygen atoms in total. The van der Waals surface area contributed by atoms with Gasteiger partial charge in [0.15, 0.2) is 9.84 Å². The van der Waals surface area contributed by atoms with Gasteiger partial charge < -0.3 is 15.2 Å². The van der Waals surface area contributed by atoms with Crippen LogP contribution in [0.25, 0.3) is 34.2 Å². The minimum Gasteiger partial charge on any atom is -0.354 e. The lowest BCUT2D eigenvalue weighted by Crippen LogP contribution is -2.43. The first-order valence-corrected chi connectivity index (χ1v) is 14.5. The summed E-state index contributed by atoms with van der Waals surface area (Å²) in [6.45, 7) is 13.6. The van der Waals surface area contributed by atoms with Crippen LogP contribution in [-0.2, 0) is 9.84 Å². The molecular weight excluding hydrogens is 482 g/mol. The second-order valence-corrected chi connectivity index (χ2v) is 12.5. The number of likely N-dealkylation sites (tertiary alicyclic amines) is 1. The lowest BCUT2D eigenvalue weighted by Gasteiger charge is -2.29. The van der Waals surface area contributed by atoms with Gasteiger partial charge in [-0.2, -0.15) is 0 Å². The SMILES string of the molecule is C=Cc1[nH]c2c(C)c(C(=O)NC3CCN(C)CC3)cc(-c3cccc(S(=O)(=O)CC)c3)c2c1C=C(C)C. The molecule has 1 amide bonds. The van der Waals surface area contributed by atoms with E-state index in [0.29, 0.717) is 5.56 Å². The van der Waals surface area contributed by atoms with Crippen LogP contribution >= 0.6 is 0 Å². The molecule has 7 heteroatoms. The van der Waals surface area contributed by atoms with E-state index in [1.165, 1.54) is 0 Å². The van der Waals surface area contributed by atoms with Crippen molar-refractivity contribution in [2.75, 3.05) is 25.9 Å². The van der Waals surface area contributed by atoms with Crippen LogP contribution in [0.4, 0.5) is 0 Å². The van der Waals surface area contributed by atoms with Crippen LogP contribution in [0.5, 0.6) is 0 Å². The van der Waals surface area contributed by atoms with Crippen molar-refractivity contribution in [2.45, 2.75) is 51.5 Å². The smallest absolute Gasteiger partial charge is 0.251 e. The molecule has 3 aromatic rings. The average Bonchev–Trinajstić information content (AvgIpc) is 3.24. The van der Waals surface area contributed by atoms with Gasteiger partial charge in [-0.1, -0.05) is 37.3 Å². The van der Waals surface area contributed by atoms with Crippen LogP contribution in [0.2, 0.25) is 0 Å². The van der Waals surface area contributed by atoms with E-state index in [4.69, 9.17) is 0 Å². The van der Waals surface area contributed by atoms with E-state index in [2.05, 4.69) is 34.9 Å². The van der Waals surface area contributed by atoms with Crippen LogP contribution in [-0.4, -0.2) is 56.1 Å². The van der Waals surface area contributed by atoms with Crippen molar-refractivity contribution < 1.29 is 13.2 Å². The Hall–Kier alpha value is -3.16. The highest BCUT2D eigenvalue weighted by atomic mass is 32.2. The number of aryl methyl sites for hydroxylation is 1. The quantitative estimate of drug-likeness (QED) is 0.412. The van der Waals surface area contributed by atoms with Gasteiger partial charge in [0.25, 0.3) is 5.91 Å². The Labute approximate surface area is 220 Å². The molecule has 2 heterocycles. The minimum absolute atomic E-state index is 0.0256. The average molecular weight is 520 g/mol. The van der Waals surface area contributed by atoms with Crippen molar-refractivity contribution in [1.82, 2.24) is 15.2 Å². The topological polar surface area (TPSA) is 82.3 Å². The Kier molecular flexibility index (Phi) is 7.76. The summed E-state index contributed by atoms with van der Waals surface area (Å²) in [5.74, 6) is -0.0799. The Morgan fingerprint density at radius 2 is 1.92 bits per heavy atom. The molecule has 0 radical (unpaired) electrons. The van der Waals surface area contributed by atoms with Gasteiger partial charge in [0.05, 0.1) is 16.2 Å². The number of carbonyl (C=O) groups is 1. The van der Waals surface area contributed by atoms with Gasteiger partial charge in [0.2, 0.25) is 0 Å². The van der Waals surface area contributed by atoms with Crippen molar-refractivity contribution in [3.63, 3.8) is 0 Å². The fourth-order valence-electron chi connectivity index (χ4n) is 5.06. The zero-order valence-corrected chi connectivity index (χ0v) is 23.3. The number of fused-ring (bicyclic) bond motifs is 1. The van der Waals surface area contributed by atoms with E-state index < -0.39 is 9.84 Å². The summed E-state index contributed by atoms with van der Waals surface area (Å²) in [6, 6.07) is 9.07. The molecule has 0 spiro atoms. The Bertz CT molecular complexity index is 1490. The van der Waals surface area contributed by atoms with Crippen molar-refractivity contribution in [3.8, 4) is 11.1 Å². The molecule has 4 rings (SSSR count). The molecule has 1 fully saturated rings. The number of carbonyl (C=O) groups excluding carboxylic acids is 1. The molecule has 1 saturated heterocycles. The van der Waals surface area contributed by atoms with E-state index in [1.807, 2.05) is 32.9 Å². The summed E-state index contributed by atoms with van der Waals surface area (Å²) < 4.78 is 25.4. The van der Waals surface area contributed by atoms with Crippen molar-refractivity contribution in [1.29, 1.82) is 0 Å². The summed E-state index contributed by atoms with van der Waals surface area (Å²) >= 11 is 0. The van der Waals surface area contributed by atoms with Gasteiger partial charge in [0, 0.05) is 28.2 Å². The first-order valence-electron chi connectivity index (χ1n) is 12.8. The van der Waals surface area contributed by atoms with Gasteiger partial charge in [-0.15, -0.1) is 0 Å². The molecule has 1 aromatic heterocycles. The number of aromatic amines is 1. The van der Waals surface area contributed by atoms with E-state index in [1.54, 1.807) is 31.2 Å². The fourth-order valence-corrected chi connectivity index (χ4v) is 5.98. The number of hydrogen-bond donors (Lipinski definition) is 2. The molecule has 1 aliphatic heterocycles. The third kappa shape index (κ3) is 5.43. The van der Waals surface area contributed by atoms with E-state index in [-0.39, 0.29) is 22.6 Å². The second-order valence-electron chi connectivity index (χ2n) is 10.2. The highest BCUT2D eigenvalue weighted by Gasteiger charge is 2.24. The molecule has 2 aromatic carbocycles. The van der Waals surface area contributed by atoms with Gasteiger partial charge >= 0.3 is 0 Å². The maximum Gasteiger partial charge on any atom is 0.251 e. The molecule has 0 bridgehead atoms. The van der Waals surface area contributed by atoms with E-state index >= 15 is 0 Å². The number of hydrogen-bond acceptors (Lipinski definition) is 4. The van der Waals surface area contributed by atoms with Crippen molar-refractivity contribution >= 4 is 38.8 Å². The van der Waals surface area contributed by atoms with Gasteiger partial charge in [-0.05, 0) is 94.7 Å². The zero-order chi connectivity index (χ0) is 26.9. The predicted octanol–water partition coefficient (Wildman–Crippen LogP) is 5.83. The first kappa shape index (κ1) is 26.9. The molecule has 1 aliphatic rings. The van der Waals surface area contributed by atoms with Crippen LogP contribution in [0, 0.1) is 6.92 Å². The van der Waals surface area contributed by atoms with Crippen molar-refractivity contribution in [3.05, 3.63) is 64.9 Å². The number of benzene rings is 2. The number of amides is 1. The first-order chi connectivity index (χ1) is 17.6. The molecule has 0 aliphatic carbocycles. The van der Waals surface area contributed by atoms with Crippen LogP contribution in [0.1, 0.15) is 60.8 Å². The summed E-state index contributed by atoms with van der Waals surface area (Å²) in [7, 11) is -1.29. The number of piperidine rings is 1. The second kappa shape index (κ2) is 10.7. The van der Waals surface area contributed by atoms with Crippen molar-refractivity contribution in [2.24, 2.45) is 0 Å². The molecule has 37 heavy (non-hydrogen) atoms. The predicted molar refractivity (Wildman–Crippen MR) is 154 cm³/mol. The van der Waals surface area contributed by atoms with E-state index in [9.17, 15) is 13.2 Å². The summed E-state index contributed by atoms with van der Waals surface area (Å²) in [5, 5.41) is 4.20. The highest BCUT2D eigenvalue weighted by Crippen LogP contribution is 2.39. The molecule has 2 N–H and O–H groups in total. The van der Waals surface area contributed by atoms with E-state index in [0.717, 1.165) is 70.4 Å². The Morgan fingerprint density at radius 1 is 1.22 bits per heavy atom. The Morgan fingerprint density at radius 3 is 2.54 bits per heavy atom. The maximum atomic E-state index is 13.6. The molecular formula is C30H37N3O3S. The number of rotatable bonds is 7. The summed E-state index contributed by atoms with van der Waals surface area (Å²) in [5.41, 5.74) is 6.85. The third-order valence-corrected chi connectivity index (χ3v) is 8.96. The van der Waals surface area contributed by atoms with Crippen LogP contribution in [0.15, 0.2) is 47.4 Å². The number of nitrogens with zero attached hydrogens (tertiary/aromatic N) is 1. The highest BCUT2D eigenvalue weighted by molar-refractivity contribution is 7.91. The molecule has 0 unspecified atom stereocenters. The monoisotopic (exact) mass is 519 g/mol. The largest absolute Gasteiger partial charge is 0.354 e. The molecule has 196 valence electrons. The molecule has 0 atom stereocenters. The lowest BCUT2D eigenvalue weighted by atomic mass is 9.92. The van der Waals surface area contributed by atoms with Gasteiger partial charge in [0.1, 0.15) is 0 Å². The lowest BCUT2D eigenvalue weighted by molar-refractivity contribution is 0.0916.